The third-order valence-corrected chi connectivity index (χ3v) is 11.3. The van der Waals surface area contributed by atoms with E-state index in [0.717, 1.165) is 5.52 Å². The second-order valence-electron chi connectivity index (χ2n) is 6.65. The molecule has 112 valence electrons. The summed E-state index contributed by atoms with van der Waals surface area (Å²) in [4.78, 5) is 4.74. The van der Waals surface area contributed by atoms with E-state index in [0.29, 0.717) is 0 Å². The van der Waals surface area contributed by atoms with E-state index in [2.05, 4.69) is 62.4 Å². The highest BCUT2D eigenvalue weighted by Crippen LogP contribution is 2.38. The van der Waals surface area contributed by atoms with Crippen LogP contribution in [0.1, 0.15) is 13.8 Å². The third-order valence-electron chi connectivity index (χ3n) is 5.97. The van der Waals surface area contributed by atoms with E-state index in [1.807, 2.05) is 6.20 Å². The summed E-state index contributed by atoms with van der Waals surface area (Å²) in [5, 5.41) is 10.3. The Morgan fingerprint density at radius 1 is 0.739 bits per heavy atom. The van der Waals surface area contributed by atoms with Crippen molar-refractivity contribution in [1.29, 1.82) is 0 Å². The Morgan fingerprint density at radius 3 is 2.04 bits per heavy atom. The molecule has 0 unspecified atom stereocenters. The van der Waals surface area contributed by atoms with Crippen LogP contribution in [0.25, 0.3) is 32.4 Å². The van der Waals surface area contributed by atoms with Crippen LogP contribution in [-0.4, -0.2) is 13.1 Å². The van der Waals surface area contributed by atoms with Crippen molar-refractivity contribution in [3.63, 3.8) is 0 Å². The van der Waals surface area contributed by atoms with E-state index in [-0.39, 0.29) is 0 Å². The van der Waals surface area contributed by atoms with Crippen molar-refractivity contribution in [1.82, 2.24) is 4.98 Å². The molecule has 0 spiro atoms. The number of benzene rings is 3. The second-order valence-corrected chi connectivity index (χ2v) is 11.3. The summed E-state index contributed by atoms with van der Waals surface area (Å²) in [6, 6.07) is 20.7. The molecule has 2 heteroatoms. The van der Waals surface area contributed by atoms with Gasteiger partial charge in [-0.15, -0.1) is 0 Å². The first-order valence-electron chi connectivity index (χ1n) is 8.55. The van der Waals surface area contributed by atoms with E-state index in [1.54, 1.807) is 10.4 Å². The molecule has 5 rings (SSSR count). The molecule has 3 aromatic carbocycles. The van der Waals surface area contributed by atoms with Crippen LogP contribution in [0.3, 0.4) is 0 Å². The van der Waals surface area contributed by atoms with Gasteiger partial charge in [0.15, 0.2) is 0 Å². The second kappa shape index (κ2) is 4.42. The van der Waals surface area contributed by atoms with Gasteiger partial charge in [0.05, 0.1) is 5.52 Å². The van der Waals surface area contributed by atoms with Gasteiger partial charge in [0.25, 0.3) is 0 Å². The van der Waals surface area contributed by atoms with E-state index in [4.69, 9.17) is 4.98 Å². The molecule has 0 radical (unpaired) electrons. The molecule has 0 atom stereocenters. The fourth-order valence-corrected chi connectivity index (χ4v) is 9.48. The number of nitrogens with zero attached hydrogens (tertiary/aromatic N) is 1. The normalized spacial score (nSPS) is 15.2. The van der Waals surface area contributed by atoms with Crippen LogP contribution < -0.4 is 10.4 Å². The minimum atomic E-state index is -1.61. The zero-order valence-electron chi connectivity index (χ0n) is 13.6. The van der Waals surface area contributed by atoms with Gasteiger partial charge >= 0.3 is 0 Å². The van der Waals surface area contributed by atoms with Crippen molar-refractivity contribution in [3.05, 3.63) is 54.7 Å². The van der Waals surface area contributed by atoms with Gasteiger partial charge in [-0.2, -0.15) is 0 Å². The maximum absolute atomic E-state index is 4.74. The highest BCUT2D eigenvalue weighted by atomic mass is 28.3. The minimum absolute atomic E-state index is 1.16. The van der Waals surface area contributed by atoms with E-state index in [9.17, 15) is 0 Å². The fraction of sp³-hybridized carbons (Fsp3) is 0.190. The summed E-state index contributed by atoms with van der Waals surface area (Å²) in [6.07, 6.45) is 1.92. The van der Waals surface area contributed by atoms with Crippen LogP contribution in [-0.2, 0) is 0 Å². The lowest BCUT2D eigenvalue weighted by molar-refractivity contribution is 1.30. The molecule has 1 aliphatic heterocycles. The summed E-state index contributed by atoms with van der Waals surface area (Å²) in [5.74, 6) is 0. The summed E-state index contributed by atoms with van der Waals surface area (Å²) < 4.78 is 0. The highest BCUT2D eigenvalue weighted by molar-refractivity contribution is 7.07. The fourth-order valence-electron chi connectivity index (χ4n) is 4.86. The van der Waals surface area contributed by atoms with Gasteiger partial charge in [-0.25, -0.2) is 0 Å². The maximum atomic E-state index is 4.74. The molecule has 0 saturated carbocycles. The Balaban J connectivity index is 2.18. The Kier molecular flexibility index (Phi) is 2.55. The first kappa shape index (κ1) is 13.3. The molecule has 4 aromatic rings. The van der Waals surface area contributed by atoms with Gasteiger partial charge in [0.2, 0.25) is 0 Å². The van der Waals surface area contributed by atoms with Gasteiger partial charge in [-0.05, 0) is 32.6 Å². The summed E-state index contributed by atoms with van der Waals surface area (Å²) in [6.45, 7) is 4.77. The number of hydrogen-bond donors (Lipinski definition) is 0. The van der Waals surface area contributed by atoms with Crippen LogP contribution in [0, 0.1) is 0 Å². The average Bonchev–Trinajstić information content (AvgIpc) is 2.92. The number of rotatable bonds is 2. The number of hydrogen-bond acceptors (Lipinski definition) is 1. The largest absolute Gasteiger partial charge is 0.256 e. The number of pyridine rings is 1. The molecule has 0 N–H and O–H groups in total. The molecule has 1 aliphatic rings. The first-order chi connectivity index (χ1) is 11.3. The van der Waals surface area contributed by atoms with Crippen LogP contribution in [0.2, 0.25) is 12.1 Å². The van der Waals surface area contributed by atoms with E-state index >= 15 is 0 Å². The Bertz CT molecular complexity index is 1010. The number of aromatic nitrogens is 1. The van der Waals surface area contributed by atoms with E-state index < -0.39 is 8.07 Å². The van der Waals surface area contributed by atoms with Gasteiger partial charge < -0.3 is 0 Å². The number of fused-ring (bicyclic) bond motifs is 3. The molecule has 0 fully saturated rings. The quantitative estimate of drug-likeness (QED) is 0.393. The molecule has 0 saturated heterocycles. The SMILES string of the molecule is CC[Si]1(CC)c2cccc3c4cccnc4c4cccc1c4c23. The minimum Gasteiger partial charge on any atom is -0.256 e. The lowest BCUT2D eigenvalue weighted by Crippen LogP contribution is -2.54. The molecular formula is C21H19NSi. The third kappa shape index (κ3) is 1.41. The van der Waals surface area contributed by atoms with Crippen molar-refractivity contribution in [2.45, 2.75) is 25.9 Å². The summed E-state index contributed by atoms with van der Waals surface area (Å²) in [7, 11) is -1.61. The highest BCUT2D eigenvalue weighted by Gasteiger charge is 2.41. The zero-order valence-corrected chi connectivity index (χ0v) is 14.6. The Morgan fingerprint density at radius 2 is 1.35 bits per heavy atom. The average molecular weight is 313 g/mol. The van der Waals surface area contributed by atoms with E-state index in [1.165, 1.54) is 39.0 Å². The van der Waals surface area contributed by atoms with Gasteiger partial charge in [-0.1, -0.05) is 68.4 Å². The smallest absolute Gasteiger partial charge is 0.119 e. The molecular weight excluding hydrogens is 294 g/mol. The van der Waals surface area contributed by atoms with Gasteiger partial charge in [0.1, 0.15) is 8.07 Å². The van der Waals surface area contributed by atoms with Crippen LogP contribution in [0.5, 0.6) is 0 Å². The van der Waals surface area contributed by atoms with Gasteiger partial charge in [0, 0.05) is 17.0 Å². The van der Waals surface area contributed by atoms with Gasteiger partial charge in [-0.3, -0.25) is 4.98 Å². The predicted octanol–water partition coefficient (Wildman–Crippen LogP) is 4.46. The molecule has 1 nitrogen and oxygen atoms in total. The lowest BCUT2D eigenvalue weighted by Gasteiger charge is -2.27. The van der Waals surface area contributed by atoms with Crippen LogP contribution in [0.4, 0.5) is 0 Å². The van der Waals surface area contributed by atoms with Crippen molar-refractivity contribution >= 4 is 50.9 Å². The van der Waals surface area contributed by atoms with Crippen LogP contribution in [0.15, 0.2) is 54.7 Å². The molecule has 1 aromatic heterocycles. The summed E-state index contributed by atoms with van der Waals surface area (Å²) >= 11 is 0. The van der Waals surface area contributed by atoms with Crippen LogP contribution >= 0.6 is 0 Å². The Hall–Kier alpha value is -2.19. The zero-order chi connectivity index (χ0) is 15.6. The topological polar surface area (TPSA) is 12.9 Å². The molecule has 23 heavy (non-hydrogen) atoms. The Labute approximate surface area is 137 Å². The summed E-state index contributed by atoms with van der Waals surface area (Å²) in [5.41, 5.74) is 1.16. The lowest BCUT2D eigenvalue weighted by atomic mass is 9.97. The van der Waals surface area contributed by atoms with Crippen molar-refractivity contribution in [2.24, 2.45) is 0 Å². The molecule has 0 amide bonds. The van der Waals surface area contributed by atoms with Crippen molar-refractivity contribution in [3.8, 4) is 0 Å². The predicted molar refractivity (Wildman–Crippen MR) is 103 cm³/mol. The monoisotopic (exact) mass is 313 g/mol. The van der Waals surface area contributed by atoms with Crippen molar-refractivity contribution < 1.29 is 0 Å². The standard InChI is InChI=1S/C21H19NSi/c1-3-23(4-2)17-11-5-8-14-15-10-7-13-22-21(15)16-9-6-12-18(23)20(16)19(14)17/h5-13H,3-4H2,1-2H3. The van der Waals surface area contributed by atoms with Crippen molar-refractivity contribution in [2.75, 3.05) is 0 Å². The molecule has 0 aliphatic carbocycles. The maximum Gasteiger partial charge on any atom is 0.119 e. The molecule has 0 bridgehead atoms. The first-order valence-corrected chi connectivity index (χ1v) is 11.0. The molecule has 2 heterocycles.